The summed E-state index contributed by atoms with van der Waals surface area (Å²) in [5.74, 6) is 1.10. The summed E-state index contributed by atoms with van der Waals surface area (Å²) in [5, 5.41) is 4.00. The van der Waals surface area contributed by atoms with Gasteiger partial charge in [0.15, 0.2) is 0 Å². The van der Waals surface area contributed by atoms with Gasteiger partial charge in [0.05, 0.1) is 0 Å². The molecule has 0 N–H and O–H groups in total. The molecule has 0 saturated carbocycles. The van der Waals surface area contributed by atoms with E-state index in [4.69, 9.17) is 4.52 Å². The van der Waals surface area contributed by atoms with Crippen molar-refractivity contribution >= 4 is 6.41 Å². The van der Waals surface area contributed by atoms with Crippen molar-refractivity contribution in [3.63, 3.8) is 0 Å². The van der Waals surface area contributed by atoms with Crippen LogP contribution >= 0.6 is 0 Å². The van der Waals surface area contributed by atoms with Crippen LogP contribution in [0.15, 0.2) is 28.8 Å². The van der Waals surface area contributed by atoms with Crippen molar-refractivity contribution in [1.29, 1.82) is 0 Å². The molecular weight excluding hydrogens is 242 g/mol. The van der Waals surface area contributed by atoms with Crippen molar-refractivity contribution in [3.8, 4) is 11.4 Å². The van der Waals surface area contributed by atoms with Crippen molar-refractivity contribution in [2.24, 2.45) is 0 Å². The number of amides is 1. The van der Waals surface area contributed by atoms with Crippen LogP contribution in [0.3, 0.4) is 0 Å². The minimum absolute atomic E-state index is 0.0656. The molecule has 5 nitrogen and oxygen atoms in total. The number of aryl methyl sites for hydroxylation is 1. The Morgan fingerprint density at radius 1 is 1.37 bits per heavy atom. The fourth-order valence-corrected chi connectivity index (χ4v) is 2.37. The second-order valence-corrected chi connectivity index (χ2v) is 4.82. The van der Waals surface area contributed by atoms with Crippen LogP contribution in [-0.2, 0) is 4.79 Å². The molecular formula is C14H15N3O2. The average molecular weight is 257 g/mol. The maximum atomic E-state index is 10.9. The first-order chi connectivity index (χ1) is 9.28. The highest BCUT2D eigenvalue weighted by Gasteiger charge is 2.29. The first-order valence-electron chi connectivity index (χ1n) is 6.39. The molecule has 1 aliphatic rings. The molecule has 1 unspecified atom stereocenters. The highest BCUT2D eigenvalue weighted by Crippen LogP contribution is 2.30. The number of hydrogen-bond acceptors (Lipinski definition) is 4. The Morgan fingerprint density at radius 3 is 2.89 bits per heavy atom. The molecule has 1 fully saturated rings. The number of carbonyl (C=O) groups is 1. The third-order valence-corrected chi connectivity index (χ3v) is 3.47. The van der Waals surface area contributed by atoms with Gasteiger partial charge in [-0.1, -0.05) is 35.0 Å². The van der Waals surface area contributed by atoms with Crippen molar-refractivity contribution < 1.29 is 9.32 Å². The van der Waals surface area contributed by atoms with E-state index in [0.29, 0.717) is 11.7 Å². The first kappa shape index (κ1) is 11.9. The van der Waals surface area contributed by atoms with E-state index in [1.54, 1.807) is 4.90 Å². The normalized spacial score (nSPS) is 18.8. The summed E-state index contributed by atoms with van der Waals surface area (Å²) in [6.45, 7) is 2.79. The van der Waals surface area contributed by atoms with Crippen LogP contribution in [0.25, 0.3) is 11.4 Å². The van der Waals surface area contributed by atoms with Gasteiger partial charge in [0.1, 0.15) is 6.04 Å². The Hall–Kier alpha value is -2.17. The molecule has 98 valence electrons. The van der Waals surface area contributed by atoms with E-state index in [0.717, 1.165) is 31.4 Å². The number of hydrogen-bond donors (Lipinski definition) is 0. The maximum Gasteiger partial charge on any atom is 0.249 e. The molecule has 0 aliphatic carbocycles. The quantitative estimate of drug-likeness (QED) is 0.792. The lowest BCUT2D eigenvalue weighted by molar-refractivity contribution is -0.119. The largest absolute Gasteiger partial charge is 0.337 e. The van der Waals surface area contributed by atoms with E-state index >= 15 is 0 Å². The highest BCUT2D eigenvalue weighted by molar-refractivity contribution is 5.55. The van der Waals surface area contributed by atoms with Crippen LogP contribution in [-0.4, -0.2) is 28.0 Å². The summed E-state index contributed by atoms with van der Waals surface area (Å²) in [4.78, 5) is 17.1. The third kappa shape index (κ3) is 2.23. The summed E-state index contributed by atoms with van der Waals surface area (Å²) in [7, 11) is 0. The standard InChI is InChI=1S/C14H15N3O2/c1-10-4-6-11(7-5-10)13-15-14(19-16-13)12-3-2-8-17(12)9-18/h4-7,9,12H,2-3,8H2,1H3. The fourth-order valence-electron chi connectivity index (χ4n) is 2.37. The van der Waals surface area contributed by atoms with Gasteiger partial charge in [0.25, 0.3) is 0 Å². The predicted octanol–water partition coefficient (Wildman–Crippen LogP) is 2.34. The second-order valence-electron chi connectivity index (χ2n) is 4.82. The van der Waals surface area contributed by atoms with Crippen LogP contribution in [0.4, 0.5) is 0 Å². The second kappa shape index (κ2) is 4.84. The van der Waals surface area contributed by atoms with Crippen LogP contribution in [0, 0.1) is 6.92 Å². The van der Waals surface area contributed by atoms with Gasteiger partial charge in [-0.3, -0.25) is 4.79 Å². The number of carbonyl (C=O) groups excluding carboxylic acids is 1. The molecule has 0 radical (unpaired) electrons. The lowest BCUT2D eigenvalue weighted by atomic mass is 10.1. The predicted molar refractivity (Wildman–Crippen MR) is 69.2 cm³/mol. The van der Waals surface area contributed by atoms with Crippen molar-refractivity contribution in [2.75, 3.05) is 6.54 Å². The Kier molecular flexibility index (Phi) is 3.03. The Balaban J connectivity index is 1.87. The van der Waals surface area contributed by atoms with Crippen LogP contribution < -0.4 is 0 Å². The number of rotatable bonds is 3. The fraction of sp³-hybridized carbons (Fsp3) is 0.357. The van der Waals surface area contributed by atoms with Gasteiger partial charge in [-0.15, -0.1) is 0 Å². The van der Waals surface area contributed by atoms with E-state index < -0.39 is 0 Å². The minimum Gasteiger partial charge on any atom is -0.337 e. The van der Waals surface area contributed by atoms with Crippen molar-refractivity contribution in [3.05, 3.63) is 35.7 Å². The number of nitrogens with zero attached hydrogens (tertiary/aromatic N) is 3. The van der Waals surface area contributed by atoms with Gasteiger partial charge in [0, 0.05) is 12.1 Å². The molecule has 0 spiro atoms. The molecule has 2 aromatic rings. The van der Waals surface area contributed by atoms with E-state index in [-0.39, 0.29) is 6.04 Å². The molecule has 19 heavy (non-hydrogen) atoms. The summed E-state index contributed by atoms with van der Waals surface area (Å²) in [6.07, 6.45) is 2.72. The molecule has 1 aliphatic heterocycles. The van der Waals surface area contributed by atoms with E-state index in [1.165, 1.54) is 5.56 Å². The summed E-state index contributed by atoms with van der Waals surface area (Å²) in [6, 6.07) is 7.90. The molecule has 5 heteroatoms. The molecule has 1 atom stereocenters. The molecule has 1 aromatic carbocycles. The van der Waals surface area contributed by atoms with Crippen molar-refractivity contribution in [2.45, 2.75) is 25.8 Å². The number of likely N-dealkylation sites (tertiary alicyclic amines) is 1. The molecule has 1 amide bonds. The highest BCUT2D eigenvalue weighted by atomic mass is 16.5. The first-order valence-corrected chi connectivity index (χ1v) is 6.39. The number of benzene rings is 1. The number of aromatic nitrogens is 2. The summed E-state index contributed by atoms with van der Waals surface area (Å²) >= 11 is 0. The third-order valence-electron chi connectivity index (χ3n) is 3.47. The van der Waals surface area contributed by atoms with Gasteiger partial charge < -0.3 is 9.42 Å². The van der Waals surface area contributed by atoms with Gasteiger partial charge in [-0.05, 0) is 19.8 Å². The summed E-state index contributed by atoms with van der Waals surface area (Å²) < 4.78 is 5.30. The van der Waals surface area contributed by atoms with Crippen LogP contribution in [0.5, 0.6) is 0 Å². The average Bonchev–Trinajstić information content (AvgIpc) is 3.07. The zero-order chi connectivity index (χ0) is 13.2. The van der Waals surface area contributed by atoms with Gasteiger partial charge in [-0.2, -0.15) is 4.98 Å². The Bertz CT molecular complexity index is 577. The maximum absolute atomic E-state index is 10.9. The van der Waals surface area contributed by atoms with Crippen molar-refractivity contribution in [1.82, 2.24) is 15.0 Å². The van der Waals surface area contributed by atoms with E-state index in [2.05, 4.69) is 10.1 Å². The molecule has 1 aromatic heterocycles. The zero-order valence-corrected chi connectivity index (χ0v) is 10.7. The molecule has 0 bridgehead atoms. The van der Waals surface area contributed by atoms with Crippen LogP contribution in [0.1, 0.15) is 30.3 Å². The zero-order valence-electron chi connectivity index (χ0n) is 10.7. The lowest BCUT2D eigenvalue weighted by Crippen LogP contribution is -2.21. The topological polar surface area (TPSA) is 59.2 Å². The Labute approximate surface area is 111 Å². The van der Waals surface area contributed by atoms with E-state index in [1.807, 2.05) is 31.2 Å². The van der Waals surface area contributed by atoms with Crippen LogP contribution in [0.2, 0.25) is 0 Å². The smallest absolute Gasteiger partial charge is 0.249 e. The van der Waals surface area contributed by atoms with E-state index in [9.17, 15) is 4.79 Å². The SMILES string of the molecule is Cc1ccc(-c2noc(C3CCCN3C=O)n2)cc1. The summed E-state index contributed by atoms with van der Waals surface area (Å²) in [5.41, 5.74) is 2.12. The minimum atomic E-state index is -0.0656. The molecule has 1 saturated heterocycles. The van der Waals surface area contributed by atoms with Gasteiger partial charge in [0.2, 0.25) is 18.1 Å². The Morgan fingerprint density at radius 2 is 2.16 bits per heavy atom. The lowest BCUT2D eigenvalue weighted by Gasteiger charge is -2.14. The molecule has 2 heterocycles. The monoisotopic (exact) mass is 257 g/mol. The molecule has 3 rings (SSSR count). The van der Waals surface area contributed by atoms with Gasteiger partial charge >= 0.3 is 0 Å². The van der Waals surface area contributed by atoms with Gasteiger partial charge in [-0.25, -0.2) is 0 Å².